The van der Waals surface area contributed by atoms with Gasteiger partial charge in [0.1, 0.15) is 15.6 Å². The maximum atomic E-state index is 13.0. The molecule has 1 fully saturated rings. The van der Waals surface area contributed by atoms with Crippen LogP contribution in [0.4, 0.5) is 5.00 Å². The molecular formula is C21H25N3O7S3. The maximum Gasteiger partial charge on any atom is 0.348 e. The molecule has 0 aliphatic carbocycles. The van der Waals surface area contributed by atoms with E-state index in [0.717, 1.165) is 11.3 Å². The monoisotopic (exact) mass is 527 g/mol. The minimum absolute atomic E-state index is 0.189. The van der Waals surface area contributed by atoms with E-state index in [1.807, 2.05) is 4.90 Å². The van der Waals surface area contributed by atoms with Gasteiger partial charge in [0.05, 0.1) is 31.8 Å². The van der Waals surface area contributed by atoms with E-state index in [2.05, 4.69) is 5.32 Å². The second-order valence-electron chi connectivity index (χ2n) is 7.24. The number of anilines is 1. The van der Waals surface area contributed by atoms with Gasteiger partial charge in [0.25, 0.3) is 0 Å². The number of hydrogen-bond donors (Lipinski definition) is 1. The largest absolute Gasteiger partial charge is 0.497 e. The summed E-state index contributed by atoms with van der Waals surface area (Å²) in [6.45, 7) is 2.80. The lowest BCUT2D eigenvalue weighted by molar-refractivity contribution is 0.0601. The molecule has 184 valence electrons. The molecule has 0 radical (unpaired) electrons. The molecule has 10 nitrogen and oxygen atoms in total. The van der Waals surface area contributed by atoms with Gasteiger partial charge in [-0.2, -0.15) is 4.31 Å². The molecule has 34 heavy (non-hydrogen) atoms. The van der Waals surface area contributed by atoms with Crippen LogP contribution in [-0.4, -0.2) is 82.2 Å². The lowest BCUT2D eigenvalue weighted by Crippen LogP contribution is -2.51. The highest BCUT2D eigenvalue weighted by Gasteiger charge is 2.31. The number of rotatable bonds is 6. The van der Waals surface area contributed by atoms with Gasteiger partial charge in [0, 0.05) is 26.2 Å². The summed E-state index contributed by atoms with van der Waals surface area (Å²) < 4.78 is 42.1. The highest BCUT2D eigenvalue weighted by Crippen LogP contribution is 2.34. The van der Waals surface area contributed by atoms with Crippen molar-refractivity contribution in [1.82, 2.24) is 9.21 Å². The summed E-state index contributed by atoms with van der Waals surface area (Å²) in [5, 5.41) is 3.69. The number of benzene rings is 1. The van der Waals surface area contributed by atoms with Gasteiger partial charge >= 0.3 is 11.9 Å². The number of carbonyl (C=O) groups excluding carboxylic acids is 2. The predicted molar refractivity (Wildman–Crippen MR) is 131 cm³/mol. The fourth-order valence-corrected chi connectivity index (χ4v) is 6.32. The van der Waals surface area contributed by atoms with E-state index in [0.29, 0.717) is 34.5 Å². The fraction of sp³-hybridized carbons (Fsp3) is 0.381. The molecule has 2 heterocycles. The summed E-state index contributed by atoms with van der Waals surface area (Å²) in [4.78, 5) is 26.7. The van der Waals surface area contributed by atoms with E-state index in [-0.39, 0.29) is 28.4 Å². The van der Waals surface area contributed by atoms with Crippen LogP contribution < -0.4 is 10.1 Å². The van der Waals surface area contributed by atoms with Crippen LogP contribution in [-0.2, 0) is 19.5 Å². The Bertz CT molecular complexity index is 1180. The number of piperazine rings is 1. The number of nitrogens with one attached hydrogen (secondary N) is 1. The molecule has 1 aliphatic rings. The molecule has 0 unspecified atom stereocenters. The van der Waals surface area contributed by atoms with Crippen LogP contribution in [0.1, 0.15) is 25.6 Å². The SMILES string of the molecule is COC(=O)c1sc(NC(=S)N2CCN(S(=O)(=O)c3ccc(OC)cc3)CC2)c(C(=O)OC)c1C. The van der Waals surface area contributed by atoms with Crippen LogP contribution in [0.25, 0.3) is 0 Å². The zero-order valence-electron chi connectivity index (χ0n) is 19.1. The Morgan fingerprint density at radius 1 is 1.00 bits per heavy atom. The standard InChI is InChI=1S/C21H25N3O7S3/c1-13-16(19(25)30-3)18(33-17(13)20(26)31-4)22-21(32)23-9-11-24(12-10-23)34(27,28)15-7-5-14(29-2)6-8-15/h5-8H,9-12H2,1-4H3,(H,22,32). The van der Waals surface area contributed by atoms with Gasteiger partial charge in [-0.05, 0) is 49.0 Å². The zero-order chi connectivity index (χ0) is 25.0. The smallest absolute Gasteiger partial charge is 0.348 e. The molecule has 1 aromatic heterocycles. The number of sulfonamides is 1. The third-order valence-corrected chi connectivity index (χ3v) is 8.81. The number of hydrogen-bond acceptors (Lipinski definition) is 9. The topological polar surface area (TPSA) is 114 Å². The minimum Gasteiger partial charge on any atom is -0.497 e. The maximum absolute atomic E-state index is 13.0. The van der Waals surface area contributed by atoms with Crippen LogP contribution in [0.5, 0.6) is 5.75 Å². The molecule has 13 heteroatoms. The molecule has 0 amide bonds. The Morgan fingerprint density at radius 2 is 1.59 bits per heavy atom. The van der Waals surface area contributed by atoms with Crippen LogP contribution in [0.3, 0.4) is 0 Å². The number of methoxy groups -OCH3 is 3. The normalized spacial score (nSPS) is 14.4. The van der Waals surface area contributed by atoms with Crippen LogP contribution in [0.15, 0.2) is 29.2 Å². The van der Waals surface area contributed by atoms with Gasteiger partial charge in [0.15, 0.2) is 5.11 Å². The van der Waals surface area contributed by atoms with Gasteiger partial charge in [-0.3, -0.25) is 0 Å². The van der Waals surface area contributed by atoms with Crippen molar-refractivity contribution in [3.05, 3.63) is 40.3 Å². The first kappa shape index (κ1) is 25.9. The summed E-state index contributed by atoms with van der Waals surface area (Å²) >= 11 is 6.55. The second kappa shape index (κ2) is 10.7. The van der Waals surface area contributed by atoms with Gasteiger partial charge < -0.3 is 24.4 Å². The number of thiocarbonyl (C=S) groups is 1. The van der Waals surface area contributed by atoms with Gasteiger partial charge in [0.2, 0.25) is 10.0 Å². The Balaban J connectivity index is 1.71. The van der Waals surface area contributed by atoms with Crippen molar-refractivity contribution in [3.63, 3.8) is 0 Å². The third kappa shape index (κ3) is 5.17. The first-order valence-corrected chi connectivity index (χ1v) is 12.8. The zero-order valence-corrected chi connectivity index (χ0v) is 21.6. The average molecular weight is 528 g/mol. The summed E-state index contributed by atoms with van der Waals surface area (Å²) in [5.41, 5.74) is 0.639. The highest BCUT2D eigenvalue weighted by molar-refractivity contribution is 7.89. The average Bonchev–Trinajstić information content (AvgIpc) is 3.18. The molecule has 0 bridgehead atoms. The van der Waals surface area contributed by atoms with E-state index in [1.165, 1.54) is 37.8 Å². The van der Waals surface area contributed by atoms with E-state index in [1.54, 1.807) is 19.1 Å². The van der Waals surface area contributed by atoms with E-state index in [9.17, 15) is 18.0 Å². The van der Waals surface area contributed by atoms with Crippen molar-refractivity contribution in [2.45, 2.75) is 11.8 Å². The fourth-order valence-electron chi connectivity index (χ4n) is 3.44. The number of nitrogens with zero attached hydrogens (tertiary/aromatic N) is 2. The van der Waals surface area contributed by atoms with Crippen LogP contribution >= 0.6 is 23.6 Å². The molecular weight excluding hydrogens is 502 g/mol. The minimum atomic E-state index is -3.65. The predicted octanol–water partition coefficient (Wildman–Crippen LogP) is 2.34. The molecule has 1 aromatic carbocycles. The quantitative estimate of drug-likeness (QED) is 0.443. The number of carbonyl (C=O) groups is 2. The first-order valence-electron chi connectivity index (χ1n) is 10.1. The van der Waals surface area contributed by atoms with Crippen LogP contribution in [0, 0.1) is 6.92 Å². The molecule has 3 rings (SSSR count). The van der Waals surface area contributed by atoms with Crippen molar-refractivity contribution >= 4 is 55.6 Å². The lowest BCUT2D eigenvalue weighted by Gasteiger charge is -2.35. The van der Waals surface area contributed by atoms with Crippen molar-refractivity contribution < 1.29 is 32.2 Å². The van der Waals surface area contributed by atoms with Crippen molar-refractivity contribution in [1.29, 1.82) is 0 Å². The Morgan fingerprint density at radius 3 is 2.12 bits per heavy atom. The van der Waals surface area contributed by atoms with Crippen molar-refractivity contribution in [2.24, 2.45) is 0 Å². The van der Waals surface area contributed by atoms with Gasteiger partial charge in [-0.15, -0.1) is 11.3 Å². The van der Waals surface area contributed by atoms with Gasteiger partial charge in [-0.1, -0.05) is 0 Å². The van der Waals surface area contributed by atoms with E-state index in [4.69, 9.17) is 26.4 Å². The Labute approximate surface area is 207 Å². The summed E-state index contributed by atoms with van der Waals surface area (Å²) in [7, 11) is 0.373. The molecule has 0 spiro atoms. The van der Waals surface area contributed by atoms with Crippen molar-refractivity contribution in [3.8, 4) is 5.75 Å². The first-order chi connectivity index (χ1) is 16.1. The Hall–Kier alpha value is -2.74. The second-order valence-corrected chi connectivity index (χ2v) is 10.6. The number of thiophene rings is 1. The molecule has 1 aliphatic heterocycles. The molecule has 1 saturated heterocycles. The van der Waals surface area contributed by atoms with Crippen molar-refractivity contribution in [2.75, 3.05) is 52.8 Å². The lowest BCUT2D eigenvalue weighted by atomic mass is 10.1. The van der Waals surface area contributed by atoms with E-state index >= 15 is 0 Å². The molecule has 1 N–H and O–H groups in total. The number of ether oxygens (including phenoxy) is 3. The molecule has 0 atom stereocenters. The summed E-state index contributed by atoms with van der Waals surface area (Å²) in [6, 6.07) is 6.23. The van der Waals surface area contributed by atoms with Crippen LogP contribution in [0.2, 0.25) is 0 Å². The Kier molecular flexibility index (Phi) is 8.13. The summed E-state index contributed by atoms with van der Waals surface area (Å²) in [6.07, 6.45) is 0. The van der Waals surface area contributed by atoms with E-state index < -0.39 is 22.0 Å². The summed E-state index contributed by atoms with van der Waals surface area (Å²) in [5.74, 6) is -0.598. The molecule has 0 saturated carbocycles. The number of esters is 2. The van der Waals surface area contributed by atoms with Gasteiger partial charge in [-0.25, -0.2) is 18.0 Å². The third-order valence-electron chi connectivity index (χ3n) is 5.35. The molecule has 2 aromatic rings. The highest BCUT2D eigenvalue weighted by atomic mass is 32.2.